The molecule has 33 heavy (non-hydrogen) atoms. The van der Waals surface area contributed by atoms with Crippen LogP contribution < -0.4 is 9.47 Å². The number of piperazine rings is 1. The Kier molecular flexibility index (Phi) is 9.64. The SMILES string of the molecule is COc1cccc(CN2CCN(S(=O)(=O)Cc3ccccc3)CC2)c1OC.O=C(O)C(=O)O. The summed E-state index contributed by atoms with van der Waals surface area (Å²) < 4.78 is 37.8. The second-order valence-electron chi connectivity index (χ2n) is 7.18. The number of para-hydroxylation sites is 1. The van der Waals surface area contributed by atoms with E-state index in [4.69, 9.17) is 29.3 Å². The zero-order chi connectivity index (χ0) is 24.4. The van der Waals surface area contributed by atoms with Gasteiger partial charge in [-0.25, -0.2) is 18.0 Å². The molecular weight excluding hydrogens is 452 g/mol. The van der Waals surface area contributed by atoms with Gasteiger partial charge in [-0.05, 0) is 11.6 Å². The van der Waals surface area contributed by atoms with E-state index in [2.05, 4.69) is 4.90 Å². The molecule has 1 aliphatic rings. The Morgan fingerprint density at radius 2 is 1.48 bits per heavy atom. The third kappa shape index (κ3) is 7.74. The summed E-state index contributed by atoms with van der Waals surface area (Å²) in [6.07, 6.45) is 0. The average molecular weight is 481 g/mol. The van der Waals surface area contributed by atoms with E-state index in [1.165, 1.54) is 0 Å². The van der Waals surface area contributed by atoms with Crippen LogP contribution in [-0.2, 0) is 31.9 Å². The van der Waals surface area contributed by atoms with E-state index in [-0.39, 0.29) is 5.75 Å². The lowest BCUT2D eigenvalue weighted by Crippen LogP contribution is -2.48. The predicted octanol–water partition coefficient (Wildman–Crippen LogP) is 1.51. The summed E-state index contributed by atoms with van der Waals surface area (Å²) in [7, 11) is -0.0368. The van der Waals surface area contributed by atoms with E-state index >= 15 is 0 Å². The Labute approximate surface area is 193 Å². The number of hydrogen-bond acceptors (Lipinski definition) is 7. The van der Waals surface area contributed by atoms with Gasteiger partial charge in [0.1, 0.15) is 0 Å². The summed E-state index contributed by atoms with van der Waals surface area (Å²) in [4.78, 5) is 20.4. The van der Waals surface area contributed by atoms with Crippen LogP contribution in [0.4, 0.5) is 0 Å². The van der Waals surface area contributed by atoms with Gasteiger partial charge < -0.3 is 19.7 Å². The summed E-state index contributed by atoms with van der Waals surface area (Å²) in [5.74, 6) is -2.15. The fraction of sp³-hybridized carbons (Fsp3) is 0.364. The van der Waals surface area contributed by atoms with Crippen LogP contribution in [0.2, 0.25) is 0 Å². The largest absolute Gasteiger partial charge is 0.493 e. The molecule has 1 saturated heterocycles. The fourth-order valence-electron chi connectivity index (χ4n) is 3.36. The molecule has 0 atom stereocenters. The molecule has 0 unspecified atom stereocenters. The van der Waals surface area contributed by atoms with Gasteiger partial charge >= 0.3 is 11.9 Å². The fourth-order valence-corrected chi connectivity index (χ4v) is 4.88. The van der Waals surface area contributed by atoms with Crippen molar-refractivity contribution in [3.63, 3.8) is 0 Å². The number of ether oxygens (including phenoxy) is 2. The van der Waals surface area contributed by atoms with Crippen molar-refractivity contribution in [3.05, 3.63) is 59.7 Å². The molecule has 1 fully saturated rings. The molecule has 3 rings (SSSR count). The van der Waals surface area contributed by atoms with E-state index in [1.807, 2.05) is 48.5 Å². The maximum Gasteiger partial charge on any atom is 0.414 e. The monoisotopic (exact) mass is 480 g/mol. The summed E-state index contributed by atoms with van der Waals surface area (Å²) in [6.45, 7) is 3.08. The van der Waals surface area contributed by atoms with Crippen molar-refractivity contribution in [1.29, 1.82) is 0 Å². The Morgan fingerprint density at radius 3 is 2.00 bits per heavy atom. The maximum absolute atomic E-state index is 12.7. The Balaban J connectivity index is 0.000000569. The van der Waals surface area contributed by atoms with Gasteiger partial charge in [-0.15, -0.1) is 0 Å². The number of hydrogen-bond donors (Lipinski definition) is 2. The van der Waals surface area contributed by atoms with Crippen molar-refractivity contribution < 1.29 is 37.7 Å². The number of carboxylic acids is 2. The normalized spacial score (nSPS) is 14.6. The number of rotatable bonds is 7. The van der Waals surface area contributed by atoms with Crippen molar-refractivity contribution >= 4 is 22.0 Å². The first kappa shape index (κ1) is 26.1. The van der Waals surface area contributed by atoms with E-state index in [0.717, 1.165) is 16.9 Å². The Morgan fingerprint density at radius 1 is 0.879 bits per heavy atom. The first-order chi connectivity index (χ1) is 15.7. The van der Waals surface area contributed by atoms with E-state index in [0.29, 0.717) is 38.5 Å². The number of aliphatic carboxylic acids is 2. The summed E-state index contributed by atoms with van der Waals surface area (Å²) in [6, 6.07) is 15.1. The van der Waals surface area contributed by atoms with E-state index in [9.17, 15) is 8.42 Å². The molecule has 2 aromatic carbocycles. The number of nitrogens with zero attached hydrogens (tertiary/aromatic N) is 2. The van der Waals surface area contributed by atoms with Crippen LogP contribution in [0.5, 0.6) is 11.5 Å². The second kappa shape index (κ2) is 12.2. The summed E-state index contributed by atoms with van der Waals surface area (Å²) in [5, 5.41) is 14.8. The first-order valence-corrected chi connectivity index (χ1v) is 11.7. The van der Waals surface area contributed by atoms with Crippen molar-refractivity contribution in [2.24, 2.45) is 0 Å². The van der Waals surface area contributed by atoms with Gasteiger partial charge in [0.25, 0.3) is 0 Å². The van der Waals surface area contributed by atoms with Crippen LogP contribution >= 0.6 is 0 Å². The lowest BCUT2D eigenvalue weighted by atomic mass is 10.1. The molecule has 2 N–H and O–H groups in total. The van der Waals surface area contributed by atoms with Crippen LogP contribution in [0.15, 0.2) is 48.5 Å². The van der Waals surface area contributed by atoms with Gasteiger partial charge in [-0.1, -0.05) is 42.5 Å². The summed E-state index contributed by atoms with van der Waals surface area (Å²) in [5.41, 5.74) is 1.86. The van der Waals surface area contributed by atoms with Crippen LogP contribution in [0, 0.1) is 0 Å². The maximum atomic E-state index is 12.7. The lowest BCUT2D eigenvalue weighted by molar-refractivity contribution is -0.159. The van der Waals surface area contributed by atoms with Crippen LogP contribution in [0.1, 0.15) is 11.1 Å². The number of methoxy groups -OCH3 is 2. The zero-order valence-electron chi connectivity index (χ0n) is 18.5. The van der Waals surface area contributed by atoms with Crippen LogP contribution in [0.25, 0.3) is 0 Å². The molecular formula is C22H28N2O8S. The molecule has 0 bridgehead atoms. The first-order valence-electron chi connectivity index (χ1n) is 10.1. The molecule has 11 heteroatoms. The molecule has 0 saturated carbocycles. The highest BCUT2D eigenvalue weighted by Crippen LogP contribution is 2.31. The number of sulfonamides is 1. The molecule has 0 spiro atoms. The molecule has 0 amide bonds. The minimum absolute atomic E-state index is 0.0531. The molecule has 1 aliphatic heterocycles. The third-order valence-corrected chi connectivity index (χ3v) is 6.83. The number of benzene rings is 2. The molecule has 1 heterocycles. The number of carbonyl (C=O) groups is 2. The Hall–Kier alpha value is -3.15. The van der Waals surface area contributed by atoms with Crippen molar-refractivity contribution in [2.45, 2.75) is 12.3 Å². The quantitative estimate of drug-likeness (QED) is 0.566. The highest BCUT2D eigenvalue weighted by molar-refractivity contribution is 7.88. The molecule has 0 aliphatic carbocycles. The lowest BCUT2D eigenvalue weighted by Gasteiger charge is -2.34. The Bertz CT molecular complexity index is 1020. The second-order valence-corrected chi connectivity index (χ2v) is 9.15. The highest BCUT2D eigenvalue weighted by Gasteiger charge is 2.27. The zero-order valence-corrected chi connectivity index (χ0v) is 19.3. The van der Waals surface area contributed by atoms with Crippen LogP contribution in [-0.4, -0.2) is 80.2 Å². The molecule has 10 nitrogen and oxygen atoms in total. The third-order valence-electron chi connectivity index (χ3n) is 4.98. The van der Waals surface area contributed by atoms with Gasteiger partial charge in [0, 0.05) is 38.3 Å². The van der Waals surface area contributed by atoms with E-state index < -0.39 is 22.0 Å². The topological polar surface area (TPSA) is 134 Å². The minimum Gasteiger partial charge on any atom is -0.493 e. The smallest absolute Gasteiger partial charge is 0.414 e. The van der Waals surface area contributed by atoms with Crippen molar-refractivity contribution in [1.82, 2.24) is 9.21 Å². The highest BCUT2D eigenvalue weighted by atomic mass is 32.2. The number of carboxylic acid groups (broad SMARTS) is 2. The van der Waals surface area contributed by atoms with Crippen molar-refractivity contribution in [2.75, 3.05) is 40.4 Å². The molecule has 180 valence electrons. The molecule has 0 radical (unpaired) electrons. The molecule has 2 aromatic rings. The van der Waals surface area contributed by atoms with Gasteiger partial charge in [0.05, 0.1) is 20.0 Å². The average Bonchev–Trinajstić information content (AvgIpc) is 2.80. The predicted molar refractivity (Wildman–Crippen MR) is 121 cm³/mol. The van der Waals surface area contributed by atoms with Gasteiger partial charge in [0.15, 0.2) is 11.5 Å². The van der Waals surface area contributed by atoms with Gasteiger partial charge in [0.2, 0.25) is 10.0 Å². The summed E-state index contributed by atoms with van der Waals surface area (Å²) >= 11 is 0. The van der Waals surface area contributed by atoms with E-state index in [1.54, 1.807) is 18.5 Å². The van der Waals surface area contributed by atoms with Gasteiger partial charge in [-0.3, -0.25) is 4.90 Å². The molecule has 0 aromatic heterocycles. The van der Waals surface area contributed by atoms with Crippen LogP contribution in [0.3, 0.4) is 0 Å². The van der Waals surface area contributed by atoms with Crippen molar-refractivity contribution in [3.8, 4) is 11.5 Å². The minimum atomic E-state index is -3.29. The standard InChI is InChI=1S/C20H26N2O4S.C2H2O4/c1-25-19-10-6-9-18(20(19)26-2)15-21-11-13-22(14-12-21)27(23,24)16-17-7-4-3-5-8-17;3-1(4)2(5)6/h3-10H,11-16H2,1-2H3;(H,3,4)(H,5,6). The van der Waals surface area contributed by atoms with Gasteiger partial charge in [-0.2, -0.15) is 4.31 Å².